The van der Waals surface area contributed by atoms with Gasteiger partial charge in [0.05, 0.1) is 7.11 Å². The lowest BCUT2D eigenvalue weighted by Crippen LogP contribution is -2.46. The van der Waals surface area contributed by atoms with Crippen LogP contribution in [0.1, 0.15) is 0 Å². The first-order chi connectivity index (χ1) is 17.5. The van der Waals surface area contributed by atoms with Crippen LogP contribution in [0.3, 0.4) is 0 Å². The highest BCUT2D eigenvalue weighted by molar-refractivity contribution is 6.05. The molecule has 3 aromatic carbocycles. The number of aromatic nitrogens is 1. The van der Waals surface area contributed by atoms with Gasteiger partial charge in [-0.1, -0.05) is 12.1 Å². The Morgan fingerprint density at radius 3 is 2.00 bits per heavy atom. The summed E-state index contributed by atoms with van der Waals surface area (Å²) in [6.45, 7) is -0.728. The maximum absolute atomic E-state index is 12.5. The van der Waals surface area contributed by atoms with Gasteiger partial charge in [0.2, 0.25) is 5.96 Å². The van der Waals surface area contributed by atoms with E-state index < -0.39 is 11.8 Å². The van der Waals surface area contributed by atoms with Crippen molar-refractivity contribution in [3.05, 3.63) is 72.8 Å². The molecule has 4 rings (SSSR count). The van der Waals surface area contributed by atoms with Gasteiger partial charge in [-0.3, -0.25) is 20.2 Å². The zero-order valence-electron chi connectivity index (χ0n) is 19.1. The van der Waals surface area contributed by atoms with Gasteiger partial charge in [-0.15, -0.1) is 0 Å². The first-order valence-corrected chi connectivity index (χ1v) is 10.7. The predicted octanol–water partition coefficient (Wildman–Crippen LogP) is 2.92. The molecule has 0 radical (unpaired) electrons. The number of nitrogens with one attached hydrogen (secondary N) is 2. The third-order valence-corrected chi connectivity index (χ3v) is 4.64. The summed E-state index contributed by atoms with van der Waals surface area (Å²) >= 11 is 0. The van der Waals surface area contributed by atoms with Crippen molar-refractivity contribution >= 4 is 34.9 Å². The average Bonchev–Trinajstić information content (AvgIpc) is 3.29. The van der Waals surface area contributed by atoms with Crippen molar-refractivity contribution in [2.75, 3.05) is 20.3 Å². The molecule has 11 heteroatoms. The Bertz CT molecular complexity index is 1330. The van der Waals surface area contributed by atoms with Crippen molar-refractivity contribution in [3.8, 4) is 23.0 Å². The van der Waals surface area contributed by atoms with Gasteiger partial charge in [-0.2, -0.15) is 9.98 Å². The number of phenolic OH excluding ortho intramolecular Hbond substituents is 1. The molecular formula is C25H22N4O7. The van der Waals surface area contributed by atoms with Crippen LogP contribution in [0, 0.1) is 0 Å². The van der Waals surface area contributed by atoms with E-state index in [1.807, 2.05) is 0 Å². The molecule has 0 saturated heterocycles. The van der Waals surface area contributed by atoms with Gasteiger partial charge < -0.3 is 23.7 Å². The largest absolute Gasteiger partial charge is 0.508 e. The lowest BCUT2D eigenvalue weighted by Gasteiger charge is -2.11. The quantitative estimate of drug-likeness (QED) is 0.253. The third-order valence-electron chi connectivity index (χ3n) is 4.64. The minimum atomic E-state index is -0.602. The van der Waals surface area contributed by atoms with Crippen molar-refractivity contribution in [2.45, 2.75) is 0 Å². The number of nitrogens with zero attached hydrogens (tertiary/aromatic N) is 2. The zero-order valence-corrected chi connectivity index (χ0v) is 19.1. The van der Waals surface area contributed by atoms with E-state index in [4.69, 9.17) is 18.6 Å². The van der Waals surface area contributed by atoms with E-state index in [1.165, 1.54) is 24.3 Å². The van der Waals surface area contributed by atoms with Crippen molar-refractivity contribution < 1.29 is 33.3 Å². The lowest BCUT2D eigenvalue weighted by molar-refractivity contribution is -0.122. The predicted molar refractivity (Wildman–Crippen MR) is 129 cm³/mol. The molecule has 0 atom stereocenters. The second kappa shape index (κ2) is 11.4. The number of hydrogen-bond donors (Lipinski definition) is 3. The monoisotopic (exact) mass is 490 g/mol. The molecule has 0 bridgehead atoms. The maximum atomic E-state index is 12.5. The molecule has 0 aliphatic heterocycles. The summed E-state index contributed by atoms with van der Waals surface area (Å²) in [5.74, 6) is 0.141. The van der Waals surface area contributed by atoms with Crippen LogP contribution in [-0.2, 0) is 9.59 Å². The number of phenols is 1. The molecule has 0 aliphatic carbocycles. The number of ether oxygens (including phenoxy) is 3. The summed E-state index contributed by atoms with van der Waals surface area (Å²) in [5, 5.41) is 14.3. The third kappa shape index (κ3) is 6.73. The summed E-state index contributed by atoms with van der Waals surface area (Å²) in [6.07, 6.45) is 0. The fourth-order valence-electron chi connectivity index (χ4n) is 2.94. The van der Waals surface area contributed by atoms with E-state index in [9.17, 15) is 14.7 Å². The fraction of sp³-hybridized carbons (Fsp3) is 0.120. The smallest absolute Gasteiger partial charge is 0.326 e. The Labute approximate surface area is 205 Å². The summed E-state index contributed by atoms with van der Waals surface area (Å²) in [6, 6.07) is 19.5. The standard InChI is InChI=1S/C25H22N4O7/c1-33-17-10-12-19(13-11-17)35-15-23(32)28-24(29-25-26-20-4-2-3-5-21(20)36-25)27-22(31)14-34-18-8-6-16(30)7-9-18/h2-13,30H,14-15H2,1H3,(H2,26,27,28,29,31,32). The van der Waals surface area contributed by atoms with Crippen molar-refractivity contribution in [1.29, 1.82) is 0 Å². The number of oxazole rings is 1. The van der Waals surface area contributed by atoms with E-state index in [0.717, 1.165) is 0 Å². The molecule has 0 unspecified atom stereocenters. The van der Waals surface area contributed by atoms with Crippen molar-refractivity contribution in [2.24, 2.45) is 4.99 Å². The lowest BCUT2D eigenvalue weighted by atomic mass is 10.3. The molecule has 0 saturated carbocycles. The topological polar surface area (TPSA) is 145 Å². The van der Waals surface area contributed by atoms with Gasteiger partial charge in [0, 0.05) is 0 Å². The molecule has 3 N–H and O–H groups in total. The van der Waals surface area contributed by atoms with E-state index in [1.54, 1.807) is 55.6 Å². The average molecular weight is 490 g/mol. The molecule has 11 nitrogen and oxygen atoms in total. The van der Waals surface area contributed by atoms with Crippen LogP contribution in [0.15, 0.2) is 82.2 Å². The van der Waals surface area contributed by atoms with E-state index in [-0.39, 0.29) is 30.9 Å². The number of aliphatic imine (C=N–C) groups is 1. The number of fused-ring (bicyclic) bond motifs is 1. The fourth-order valence-corrected chi connectivity index (χ4v) is 2.94. The Balaban J connectivity index is 1.42. The minimum absolute atomic E-state index is 0.0673. The molecule has 1 aromatic heterocycles. The van der Waals surface area contributed by atoms with Crippen LogP contribution in [0.4, 0.5) is 6.01 Å². The van der Waals surface area contributed by atoms with E-state index >= 15 is 0 Å². The number of hydrogen-bond acceptors (Lipinski definition) is 9. The van der Waals surface area contributed by atoms with Gasteiger partial charge in [-0.25, -0.2) is 0 Å². The number of para-hydroxylation sites is 2. The Hall–Kier alpha value is -5.06. The van der Waals surface area contributed by atoms with Crippen LogP contribution < -0.4 is 24.8 Å². The number of guanidine groups is 1. The van der Waals surface area contributed by atoms with E-state index in [0.29, 0.717) is 28.3 Å². The Kier molecular flexibility index (Phi) is 7.61. The van der Waals surface area contributed by atoms with Gasteiger partial charge >= 0.3 is 6.01 Å². The Morgan fingerprint density at radius 2 is 1.42 bits per heavy atom. The summed E-state index contributed by atoms with van der Waals surface area (Å²) in [4.78, 5) is 33.3. The molecular weight excluding hydrogens is 468 g/mol. The SMILES string of the molecule is COc1ccc(OCC(=O)N/C(=N/c2nc3ccccc3o2)NC(=O)COc2ccc(O)cc2)cc1. The second-order valence-electron chi connectivity index (χ2n) is 7.27. The molecule has 0 fully saturated rings. The molecule has 0 aliphatic rings. The molecule has 4 aromatic rings. The highest BCUT2D eigenvalue weighted by Crippen LogP contribution is 2.20. The van der Waals surface area contributed by atoms with Crippen LogP contribution in [-0.4, -0.2) is 48.2 Å². The summed E-state index contributed by atoms with van der Waals surface area (Å²) < 4.78 is 21.5. The number of rotatable bonds is 8. The first kappa shape index (κ1) is 24.1. The molecule has 36 heavy (non-hydrogen) atoms. The van der Waals surface area contributed by atoms with Gasteiger partial charge in [0.15, 0.2) is 18.8 Å². The van der Waals surface area contributed by atoms with Crippen LogP contribution in [0.5, 0.6) is 23.0 Å². The Morgan fingerprint density at radius 1 is 0.861 bits per heavy atom. The van der Waals surface area contributed by atoms with Crippen LogP contribution in [0.25, 0.3) is 11.1 Å². The number of aromatic hydroxyl groups is 1. The normalized spacial score (nSPS) is 11.1. The number of carbonyl (C=O) groups excluding carboxylic acids is 2. The number of benzene rings is 3. The molecule has 0 spiro atoms. The number of carbonyl (C=O) groups is 2. The minimum Gasteiger partial charge on any atom is -0.508 e. The summed E-state index contributed by atoms with van der Waals surface area (Å²) in [7, 11) is 1.55. The van der Waals surface area contributed by atoms with Crippen LogP contribution in [0.2, 0.25) is 0 Å². The highest BCUT2D eigenvalue weighted by atomic mass is 16.5. The van der Waals surface area contributed by atoms with Gasteiger partial charge in [0.25, 0.3) is 11.8 Å². The maximum Gasteiger partial charge on any atom is 0.326 e. The molecule has 184 valence electrons. The zero-order chi connectivity index (χ0) is 25.3. The van der Waals surface area contributed by atoms with E-state index in [2.05, 4.69) is 20.6 Å². The number of methoxy groups -OCH3 is 1. The number of amides is 2. The van der Waals surface area contributed by atoms with Gasteiger partial charge in [0.1, 0.15) is 28.5 Å². The highest BCUT2D eigenvalue weighted by Gasteiger charge is 2.14. The van der Waals surface area contributed by atoms with Crippen molar-refractivity contribution in [3.63, 3.8) is 0 Å². The first-order valence-electron chi connectivity index (χ1n) is 10.7. The molecule has 2 amide bonds. The molecule has 1 heterocycles. The van der Waals surface area contributed by atoms with Crippen LogP contribution >= 0.6 is 0 Å². The second-order valence-corrected chi connectivity index (χ2v) is 7.27. The summed E-state index contributed by atoms with van der Waals surface area (Å²) in [5.41, 5.74) is 1.05. The van der Waals surface area contributed by atoms with Gasteiger partial charge in [-0.05, 0) is 60.7 Å². The van der Waals surface area contributed by atoms with Crippen molar-refractivity contribution in [1.82, 2.24) is 15.6 Å².